The molecule has 0 aliphatic carbocycles. The van der Waals surface area contributed by atoms with Crippen molar-refractivity contribution in [2.45, 2.75) is 46.6 Å². The van der Waals surface area contributed by atoms with Crippen molar-refractivity contribution in [2.75, 3.05) is 11.6 Å². The Morgan fingerprint density at radius 2 is 1.87 bits per heavy atom. The van der Waals surface area contributed by atoms with E-state index in [-0.39, 0.29) is 17.9 Å². The molecular formula is C18H25N3O2. The molecule has 5 heteroatoms. The molecule has 23 heavy (non-hydrogen) atoms. The van der Waals surface area contributed by atoms with Gasteiger partial charge in [0.25, 0.3) is 5.91 Å². The molecule has 0 N–H and O–H groups in total. The largest absolute Gasteiger partial charge is 0.335 e. The van der Waals surface area contributed by atoms with Crippen LogP contribution in [0.4, 0.5) is 5.69 Å². The van der Waals surface area contributed by atoms with Crippen LogP contribution in [0.15, 0.2) is 35.4 Å². The highest BCUT2D eigenvalue weighted by atomic mass is 16.2. The van der Waals surface area contributed by atoms with Crippen LogP contribution in [0.2, 0.25) is 0 Å². The zero-order chi connectivity index (χ0) is 17.0. The van der Waals surface area contributed by atoms with E-state index < -0.39 is 0 Å². The highest BCUT2D eigenvalue weighted by Crippen LogP contribution is 2.21. The summed E-state index contributed by atoms with van der Waals surface area (Å²) in [5, 5.41) is 5.70. The van der Waals surface area contributed by atoms with Crippen molar-refractivity contribution in [3.63, 3.8) is 0 Å². The monoisotopic (exact) mass is 315 g/mol. The van der Waals surface area contributed by atoms with Crippen LogP contribution in [0.3, 0.4) is 0 Å². The molecule has 0 saturated heterocycles. The number of anilines is 1. The number of amides is 2. The van der Waals surface area contributed by atoms with Gasteiger partial charge in [-0.3, -0.25) is 9.59 Å². The van der Waals surface area contributed by atoms with E-state index >= 15 is 0 Å². The SMILES string of the molecule is CCN(C(=O)C1=NN(c2ccccc2)C(=O)CC1)C(C)C(C)C. The first-order chi connectivity index (χ1) is 11.0. The van der Waals surface area contributed by atoms with Gasteiger partial charge in [0.2, 0.25) is 5.91 Å². The predicted octanol–water partition coefficient (Wildman–Crippen LogP) is 3.06. The number of hydrogen-bond acceptors (Lipinski definition) is 3. The van der Waals surface area contributed by atoms with Crippen molar-refractivity contribution in [3.8, 4) is 0 Å². The van der Waals surface area contributed by atoms with Crippen LogP contribution in [0.1, 0.15) is 40.5 Å². The first kappa shape index (κ1) is 17.2. The molecule has 0 bridgehead atoms. The van der Waals surface area contributed by atoms with Gasteiger partial charge in [0, 0.05) is 25.4 Å². The van der Waals surface area contributed by atoms with Crippen molar-refractivity contribution in [1.82, 2.24) is 4.90 Å². The summed E-state index contributed by atoms with van der Waals surface area (Å²) in [6, 6.07) is 9.38. The van der Waals surface area contributed by atoms with Gasteiger partial charge in [0.1, 0.15) is 5.71 Å². The Morgan fingerprint density at radius 3 is 2.43 bits per heavy atom. The molecule has 0 fully saturated rings. The minimum Gasteiger partial charge on any atom is -0.335 e. The number of hydrazone groups is 1. The number of benzene rings is 1. The second kappa shape index (κ2) is 7.40. The Balaban J connectivity index is 2.27. The molecule has 1 aromatic carbocycles. The summed E-state index contributed by atoms with van der Waals surface area (Å²) in [6.07, 6.45) is 0.718. The average Bonchev–Trinajstić information content (AvgIpc) is 2.56. The lowest BCUT2D eigenvalue weighted by molar-refractivity contribution is -0.126. The number of carbonyl (C=O) groups is 2. The fourth-order valence-corrected chi connectivity index (χ4v) is 2.62. The molecule has 1 heterocycles. The third-order valence-electron chi connectivity index (χ3n) is 4.34. The van der Waals surface area contributed by atoms with Crippen LogP contribution in [0.5, 0.6) is 0 Å². The number of hydrogen-bond donors (Lipinski definition) is 0. The van der Waals surface area contributed by atoms with Crippen LogP contribution in [-0.2, 0) is 9.59 Å². The molecular weight excluding hydrogens is 290 g/mol. The molecule has 2 rings (SSSR count). The molecule has 0 aromatic heterocycles. The maximum absolute atomic E-state index is 12.8. The average molecular weight is 315 g/mol. The molecule has 1 atom stereocenters. The molecule has 0 radical (unpaired) electrons. The molecule has 1 aliphatic rings. The van der Waals surface area contributed by atoms with E-state index in [1.807, 2.05) is 42.2 Å². The normalized spacial score (nSPS) is 16.3. The summed E-state index contributed by atoms with van der Waals surface area (Å²) in [5.41, 5.74) is 1.16. The number of nitrogens with zero attached hydrogens (tertiary/aromatic N) is 3. The number of carbonyl (C=O) groups excluding carboxylic acids is 2. The van der Waals surface area contributed by atoms with Gasteiger partial charge in [-0.15, -0.1) is 0 Å². The summed E-state index contributed by atoms with van der Waals surface area (Å²) in [7, 11) is 0. The molecule has 1 aromatic rings. The molecule has 0 saturated carbocycles. The summed E-state index contributed by atoms with van der Waals surface area (Å²) in [4.78, 5) is 26.8. The second-order valence-electron chi connectivity index (χ2n) is 6.16. The van der Waals surface area contributed by atoms with E-state index in [0.717, 1.165) is 0 Å². The van der Waals surface area contributed by atoms with Gasteiger partial charge < -0.3 is 4.90 Å². The quantitative estimate of drug-likeness (QED) is 0.838. The Labute approximate surface area is 138 Å². The molecule has 1 unspecified atom stereocenters. The van der Waals surface area contributed by atoms with Crippen molar-refractivity contribution < 1.29 is 9.59 Å². The van der Waals surface area contributed by atoms with Gasteiger partial charge in [0.15, 0.2) is 0 Å². The molecule has 1 aliphatic heterocycles. The highest BCUT2D eigenvalue weighted by molar-refractivity contribution is 6.40. The van der Waals surface area contributed by atoms with Crippen molar-refractivity contribution >= 4 is 23.2 Å². The van der Waals surface area contributed by atoms with Gasteiger partial charge in [0.05, 0.1) is 5.69 Å². The van der Waals surface area contributed by atoms with E-state index in [4.69, 9.17) is 0 Å². The Kier molecular flexibility index (Phi) is 5.53. The van der Waals surface area contributed by atoms with E-state index in [2.05, 4.69) is 25.9 Å². The standard InChI is InChI=1S/C18H25N3O2/c1-5-20(14(4)13(2)3)18(23)16-11-12-17(22)21(19-16)15-9-7-6-8-10-15/h6-10,13-14H,5,11-12H2,1-4H3. The fourth-order valence-electron chi connectivity index (χ4n) is 2.62. The van der Waals surface area contributed by atoms with Crippen molar-refractivity contribution in [3.05, 3.63) is 30.3 Å². The molecule has 124 valence electrons. The molecule has 2 amide bonds. The maximum Gasteiger partial charge on any atom is 0.270 e. The zero-order valence-corrected chi connectivity index (χ0v) is 14.3. The van der Waals surface area contributed by atoms with E-state index in [1.165, 1.54) is 5.01 Å². The number of para-hydroxylation sites is 1. The summed E-state index contributed by atoms with van der Waals surface area (Å²) in [5.74, 6) is 0.227. The zero-order valence-electron chi connectivity index (χ0n) is 14.3. The lowest BCUT2D eigenvalue weighted by atomic mass is 10.0. The topological polar surface area (TPSA) is 53.0 Å². The lowest BCUT2D eigenvalue weighted by Gasteiger charge is -2.32. The Hall–Kier alpha value is -2.17. The van der Waals surface area contributed by atoms with E-state index in [0.29, 0.717) is 36.7 Å². The van der Waals surface area contributed by atoms with Crippen LogP contribution >= 0.6 is 0 Å². The Bertz CT molecular complexity index is 596. The van der Waals surface area contributed by atoms with Gasteiger partial charge in [-0.25, -0.2) is 5.01 Å². The van der Waals surface area contributed by atoms with Gasteiger partial charge >= 0.3 is 0 Å². The van der Waals surface area contributed by atoms with Crippen LogP contribution in [-0.4, -0.2) is 35.0 Å². The van der Waals surface area contributed by atoms with Gasteiger partial charge in [-0.1, -0.05) is 32.0 Å². The Morgan fingerprint density at radius 1 is 1.22 bits per heavy atom. The van der Waals surface area contributed by atoms with Crippen LogP contribution in [0.25, 0.3) is 0 Å². The van der Waals surface area contributed by atoms with Crippen molar-refractivity contribution in [1.29, 1.82) is 0 Å². The second-order valence-corrected chi connectivity index (χ2v) is 6.16. The first-order valence-corrected chi connectivity index (χ1v) is 8.22. The predicted molar refractivity (Wildman–Crippen MR) is 92.3 cm³/mol. The van der Waals surface area contributed by atoms with E-state index in [9.17, 15) is 9.59 Å². The first-order valence-electron chi connectivity index (χ1n) is 8.22. The fraction of sp³-hybridized carbons (Fsp3) is 0.500. The maximum atomic E-state index is 12.8. The third-order valence-corrected chi connectivity index (χ3v) is 4.34. The molecule has 0 spiro atoms. The summed E-state index contributed by atoms with van der Waals surface area (Å²) < 4.78 is 0. The number of rotatable bonds is 5. The van der Waals surface area contributed by atoms with Crippen molar-refractivity contribution in [2.24, 2.45) is 11.0 Å². The molecule has 5 nitrogen and oxygen atoms in total. The minimum atomic E-state index is -0.0762. The summed E-state index contributed by atoms with van der Waals surface area (Å²) in [6.45, 7) is 8.86. The van der Waals surface area contributed by atoms with Crippen LogP contribution < -0.4 is 5.01 Å². The van der Waals surface area contributed by atoms with E-state index in [1.54, 1.807) is 0 Å². The lowest BCUT2D eigenvalue weighted by Crippen LogP contribution is -2.47. The third kappa shape index (κ3) is 3.78. The minimum absolute atomic E-state index is 0.0675. The highest BCUT2D eigenvalue weighted by Gasteiger charge is 2.30. The van der Waals surface area contributed by atoms with Gasteiger partial charge in [-0.2, -0.15) is 5.10 Å². The van der Waals surface area contributed by atoms with Crippen LogP contribution in [0, 0.1) is 5.92 Å². The van der Waals surface area contributed by atoms with Gasteiger partial charge in [-0.05, 0) is 31.9 Å². The smallest absolute Gasteiger partial charge is 0.270 e. The summed E-state index contributed by atoms with van der Waals surface area (Å²) >= 11 is 0.